The molecule has 0 saturated heterocycles. The van der Waals surface area contributed by atoms with Crippen molar-refractivity contribution in [2.45, 2.75) is 246 Å². The Morgan fingerprint density at radius 1 is 0.333 bits per heavy atom. The zero-order chi connectivity index (χ0) is 112. The summed E-state index contributed by atoms with van der Waals surface area (Å²) in [5, 5.41) is 38.9. The highest BCUT2D eigenvalue weighted by molar-refractivity contribution is 8.00. The van der Waals surface area contributed by atoms with Crippen LogP contribution in [0, 0.1) is 0 Å². The molecule has 4 aromatic heterocycles. The van der Waals surface area contributed by atoms with Gasteiger partial charge in [0.25, 0.3) is 0 Å². The van der Waals surface area contributed by atoms with Gasteiger partial charge in [0.2, 0.25) is 23.6 Å². The average Bonchev–Trinajstić information content (AvgIpc) is 1.60. The Hall–Kier alpha value is -11.6. The molecule has 150 heavy (non-hydrogen) atoms. The number of thioether (sulfide) groups is 2. The number of aromatic nitrogens is 2. The number of sulfone groups is 8. The number of benzene rings is 8. The van der Waals surface area contributed by atoms with Gasteiger partial charge in [0.15, 0.2) is 78.7 Å². The maximum Gasteiger partial charge on any atom is 0.323 e. The van der Waals surface area contributed by atoms with E-state index in [0.29, 0.717) is 55.5 Å². The van der Waals surface area contributed by atoms with Gasteiger partial charge >= 0.3 is 23.9 Å². The second kappa shape index (κ2) is 50.3. The summed E-state index contributed by atoms with van der Waals surface area (Å²) in [6, 6.07) is 43.5. The molecule has 812 valence electrons. The molecule has 4 aliphatic heterocycles. The standard InChI is InChI=1S/C13H16N2O3S.C13H17NO4S.C13H15NO4S.C13H17NO3S2.C13H15NO3S2.C13H16O4S2.C13H14O4S2.C11H14N2O3S/c1-9(2)19(17,18)11-4-3-10-5-6-15(8-13(14)16)12(10)7-11;2*1-9(2)19(17,18)11-4-3-10-5-6-14(8-13(15)16)12(10)7-11;4*1-8(2)19(16,17)10-3-4-12-11(6-10)9(7-18-12)5-13(14)15;1-17(15,16)9-3-2-8-4-5-13(7-11(12)14)10(8)6-9/h3-7,9H,8H2,1-2H3,(H2,14,16);3-4,7,9H,5-6,8H2,1-2H3,(H,15,16);3-7,9H,8H2,1-2H3,(H,15,16);3-4,6,8-9H,5,7H2,1-2H3,(H2,14,15);3-4,6-8H,5H2,1-2H3,(H2,14,15);3-4,6,8-9H,5,7H2,1-2H3,(H,14,15);3-4,6-8H,5H2,1-2H3,(H,14,15);2-3,6H,4-5,7H2,1H3,(H2,12,14). The van der Waals surface area contributed by atoms with Crippen molar-refractivity contribution in [3.8, 4) is 0 Å². The van der Waals surface area contributed by atoms with E-state index in [0.717, 1.165) is 93.1 Å². The fourth-order valence-corrected chi connectivity index (χ4v) is 28.5. The number of thiophene rings is 2. The monoisotopic (exact) mass is 2290 g/mol. The molecule has 4 aliphatic rings. The molecule has 0 radical (unpaired) electrons. The Bertz CT molecular complexity index is 7360. The molecule has 2 unspecified atom stereocenters. The second-order valence-electron chi connectivity index (χ2n) is 37.6. The summed E-state index contributed by atoms with van der Waals surface area (Å²) in [6.07, 6.45) is 6.46. The first-order valence-corrected chi connectivity index (χ1v) is 63.4. The lowest BCUT2D eigenvalue weighted by atomic mass is 9.98. The molecule has 12 N–H and O–H groups in total. The van der Waals surface area contributed by atoms with E-state index in [-0.39, 0.29) is 94.1 Å². The summed E-state index contributed by atoms with van der Waals surface area (Å²) >= 11 is 6.14. The number of carboxylic acid groups (broad SMARTS) is 4. The number of nitrogens with two attached hydrogens (primary N) is 4. The minimum absolute atomic E-state index is 0.0276. The molecule has 4 amide bonds. The third-order valence-corrected chi connectivity index (χ3v) is 45.2. The highest BCUT2D eigenvalue weighted by atomic mass is 32.2. The number of carboxylic acids is 4. The number of carbonyl (C=O) groups is 8. The first-order valence-electron chi connectivity index (χ1n) is 47.0. The number of fused-ring (bicyclic) bond motifs is 8. The van der Waals surface area contributed by atoms with Gasteiger partial charge in [-0.2, -0.15) is 0 Å². The Labute approximate surface area is 890 Å². The molecule has 48 heteroatoms. The molecule has 12 aromatic rings. The third-order valence-electron chi connectivity index (χ3n) is 24.5. The van der Waals surface area contributed by atoms with Gasteiger partial charge in [0.1, 0.15) is 19.6 Å². The first kappa shape index (κ1) is 122. The van der Waals surface area contributed by atoms with E-state index in [1.807, 2.05) is 22.4 Å². The molecule has 0 bridgehead atoms. The summed E-state index contributed by atoms with van der Waals surface area (Å²) in [5.41, 5.74) is 28.9. The quantitative estimate of drug-likeness (QED) is 0.0200. The van der Waals surface area contributed by atoms with Gasteiger partial charge < -0.3 is 62.3 Å². The van der Waals surface area contributed by atoms with Crippen molar-refractivity contribution in [3.05, 3.63) is 214 Å². The maximum absolute atomic E-state index is 12.2. The van der Waals surface area contributed by atoms with Crippen molar-refractivity contribution in [2.24, 2.45) is 22.9 Å². The van der Waals surface area contributed by atoms with E-state index in [4.69, 9.17) is 43.4 Å². The number of aliphatic carboxylic acids is 4. The highest BCUT2D eigenvalue weighted by Gasteiger charge is 2.34. The van der Waals surface area contributed by atoms with E-state index < -0.39 is 157 Å². The second-order valence-corrected chi connectivity index (χ2v) is 61.1. The fourth-order valence-electron chi connectivity index (χ4n) is 15.9. The molecule has 0 aliphatic carbocycles. The largest absolute Gasteiger partial charge is 0.481 e. The van der Waals surface area contributed by atoms with Crippen LogP contribution in [0.3, 0.4) is 0 Å². The van der Waals surface area contributed by atoms with Crippen LogP contribution in [0.25, 0.3) is 42.0 Å². The van der Waals surface area contributed by atoms with Crippen LogP contribution in [0.2, 0.25) is 0 Å². The minimum Gasteiger partial charge on any atom is -0.481 e. The van der Waals surface area contributed by atoms with Gasteiger partial charge in [-0.05, 0) is 309 Å². The number of hydrogen-bond acceptors (Lipinski definition) is 30. The molecule has 0 saturated carbocycles. The van der Waals surface area contributed by atoms with Crippen LogP contribution in [0.1, 0.15) is 155 Å². The molecule has 8 heterocycles. The Morgan fingerprint density at radius 3 is 1.00 bits per heavy atom. The predicted molar refractivity (Wildman–Crippen MR) is 585 cm³/mol. The van der Waals surface area contributed by atoms with Crippen LogP contribution in [-0.2, 0) is 156 Å². The van der Waals surface area contributed by atoms with E-state index in [1.54, 1.807) is 287 Å². The number of nitrogens with zero attached hydrogens (tertiary/aromatic N) is 4. The predicted octanol–water partition coefficient (Wildman–Crippen LogP) is 13.8. The molecular weight excluding hydrogens is 2170 g/mol. The van der Waals surface area contributed by atoms with E-state index >= 15 is 0 Å². The maximum atomic E-state index is 12.2. The van der Waals surface area contributed by atoms with Crippen molar-refractivity contribution in [3.63, 3.8) is 0 Å². The van der Waals surface area contributed by atoms with Crippen molar-refractivity contribution in [1.29, 1.82) is 0 Å². The smallest absolute Gasteiger partial charge is 0.323 e. The number of amides is 4. The van der Waals surface area contributed by atoms with Gasteiger partial charge in [-0.25, -0.2) is 67.3 Å². The zero-order valence-electron chi connectivity index (χ0n) is 85.0. The molecule has 36 nitrogen and oxygen atoms in total. The molecule has 2 atom stereocenters. The third kappa shape index (κ3) is 30.5. The summed E-state index contributed by atoms with van der Waals surface area (Å²) < 4.78 is 198. The van der Waals surface area contributed by atoms with Crippen LogP contribution >= 0.6 is 46.2 Å². The lowest BCUT2D eigenvalue weighted by Gasteiger charge is -2.17. The Balaban J connectivity index is 0.000000190. The number of primary amides is 4. The van der Waals surface area contributed by atoms with Crippen molar-refractivity contribution >= 4 is 226 Å². The van der Waals surface area contributed by atoms with Gasteiger partial charge in [0, 0.05) is 103 Å². The number of rotatable bonds is 31. The van der Waals surface area contributed by atoms with Crippen LogP contribution in [0.4, 0.5) is 11.4 Å². The van der Waals surface area contributed by atoms with Gasteiger partial charge in [0.05, 0.1) is 102 Å². The number of hydrogen-bond donors (Lipinski definition) is 8. The Kier molecular flexibility index (Phi) is 40.9. The molecular formula is C102H124N8O28S12. The topological polar surface area (TPSA) is 611 Å². The van der Waals surface area contributed by atoms with Crippen molar-refractivity contribution in [2.75, 3.05) is 53.7 Å². The minimum atomic E-state index is -3.35. The summed E-state index contributed by atoms with van der Waals surface area (Å²) in [4.78, 5) is 94.9. The molecule has 0 spiro atoms. The summed E-state index contributed by atoms with van der Waals surface area (Å²) in [5.74, 6) is -3.88. The number of anilines is 2. The molecule has 16 rings (SSSR count). The van der Waals surface area contributed by atoms with Crippen molar-refractivity contribution in [1.82, 2.24) is 9.13 Å². The van der Waals surface area contributed by atoms with Crippen LogP contribution < -0.4 is 32.7 Å². The fraction of sp³-hybridized carbons (Fsp3) is 0.373. The van der Waals surface area contributed by atoms with Crippen molar-refractivity contribution < 1.29 is 126 Å². The SMILES string of the molecule is CC(C)S(=O)(=O)c1ccc2c(c1)C(CC(=O)O)CS2.CC(C)S(=O)(=O)c1ccc2c(c1)C(CC(N)=O)CS2.CC(C)S(=O)(=O)c1ccc2c(c1)N(CC(=O)O)CC2.CC(C)S(=O)(=O)c1ccc2ccn(CC(=O)O)c2c1.CC(C)S(=O)(=O)c1ccc2ccn(CC(N)=O)c2c1.CC(C)S(=O)(=O)c1ccc2scc(CC(=O)O)c2c1.CC(C)S(=O)(=O)c1ccc2scc(CC(N)=O)c2c1.CS(=O)(=O)c1ccc2c(c1)N(CC(N)=O)CC2. The van der Waals surface area contributed by atoms with Crippen LogP contribution in [0.5, 0.6) is 0 Å². The summed E-state index contributed by atoms with van der Waals surface area (Å²) in [7, 11) is -26.4. The molecule has 8 aromatic carbocycles. The van der Waals surface area contributed by atoms with Gasteiger partial charge in [-0.15, -0.1) is 46.2 Å². The van der Waals surface area contributed by atoms with Crippen LogP contribution in [0.15, 0.2) is 230 Å². The van der Waals surface area contributed by atoms with Crippen LogP contribution in [-0.4, -0.2) is 225 Å². The lowest BCUT2D eigenvalue weighted by molar-refractivity contribution is -0.138. The lowest BCUT2D eigenvalue weighted by Crippen LogP contribution is -2.32. The highest BCUT2D eigenvalue weighted by Crippen LogP contribution is 2.45. The van der Waals surface area contributed by atoms with E-state index in [9.17, 15) is 106 Å². The Morgan fingerprint density at radius 2 is 0.653 bits per heavy atom. The normalized spacial score (nSPS) is 14.4. The van der Waals surface area contributed by atoms with E-state index in [1.165, 1.54) is 39.6 Å². The van der Waals surface area contributed by atoms with E-state index in [2.05, 4.69) is 0 Å². The molecule has 0 fully saturated rings. The number of carbonyl (C=O) groups excluding carboxylic acids is 4. The summed E-state index contributed by atoms with van der Waals surface area (Å²) in [6.45, 7) is 24.2. The average molecular weight is 2290 g/mol. The zero-order valence-corrected chi connectivity index (χ0v) is 94.8. The van der Waals surface area contributed by atoms with Gasteiger partial charge in [-0.3, -0.25) is 38.4 Å². The van der Waals surface area contributed by atoms with Gasteiger partial charge in [-0.1, -0.05) is 24.3 Å². The first-order chi connectivity index (χ1) is 69.6.